The normalized spacial score (nSPS) is 12.5. The van der Waals surface area contributed by atoms with Crippen molar-refractivity contribution in [3.8, 4) is 23.0 Å². The van der Waals surface area contributed by atoms with Gasteiger partial charge in [-0.2, -0.15) is 0 Å². The number of carbonyl (C=O) groups excluding carboxylic acids is 2. The molecule has 0 atom stereocenters. The molecule has 220 valence electrons. The number of fused-ring (bicyclic) bond motifs is 4. The van der Waals surface area contributed by atoms with Crippen LogP contribution in [0.1, 0.15) is 93.6 Å². The molecule has 2 aliphatic rings. The minimum atomic E-state index is -0.516. The zero-order chi connectivity index (χ0) is 29.8. The van der Waals surface area contributed by atoms with Gasteiger partial charge >= 0.3 is 11.9 Å². The Bertz CT molecular complexity index is 1550. The molecule has 43 heavy (non-hydrogen) atoms. The molecule has 0 saturated heterocycles. The number of aryl methyl sites for hydroxylation is 2. The predicted molar refractivity (Wildman–Crippen MR) is 164 cm³/mol. The zero-order valence-corrected chi connectivity index (χ0v) is 24.7. The number of hydrogen-bond donors (Lipinski definition) is 0. The topological polar surface area (TPSA) is 71.1 Å². The van der Waals surface area contributed by atoms with E-state index in [-0.39, 0.29) is 0 Å². The molecule has 2 aliphatic heterocycles. The third kappa shape index (κ3) is 5.87. The molecule has 0 fully saturated rings. The molecular formula is C37H36O6. The van der Waals surface area contributed by atoms with Crippen LogP contribution in [0.15, 0.2) is 72.8 Å². The lowest BCUT2D eigenvalue weighted by Crippen LogP contribution is -2.20. The average molecular weight is 577 g/mol. The maximum Gasteiger partial charge on any atom is 0.341 e. The smallest absolute Gasteiger partial charge is 0.341 e. The van der Waals surface area contributed by atoms with Crippen LogP contribution in [0.25, 0.3) is 0 Å². The van der Waals surface area contributed by atoms with Crippen LogP contribution in [-0.2, 0) is 35.2 Å². The lowest BCUT2D eigenvalue weighted by molar-refractivity contribution is -0.0170. The monoisotopic (exact) mass is 576 g/mol. The SMILES string of the molecule is CCCCc1ccc2c(c1C(=O)OCOC(=O)c1c(CCCC)ccc3c1Cc1ccccc1O3)Cc1ccccc1O2. The molecule has 4 aromatic rings. The number of unbranched alkanes of at least 4 members (excludes halogenated alkanes) is 2. The van der Waals surface area contributed by atoms with Crippen LogP contribution in [0.2, 0.25) is 0 Å². The van der Waals surface area contributed by atoms with E-state index in [1.807, 2.05) is 72.8 Å². The van der Waals surface area contributed by atoms with Crippen molar-refractivity contribution in [2.75, 3.05) is 6.79 Å². The molecule has 0 amide bonds. The van der Waals surface area contributed by atoms with Gasteiger partial charge in [0.25, 0.3) is 0 Å². The minimum Gasteiger partial charge on any atom is -0.457 e. The Balaban J connectivity index is 1.23. The first kappa shape index (κ1) is 28.5. The number of para-hydroxylation sites is 2. The summed E-state index contributed by atoms with van der Waals surface area (Å²) in [6.45, 7) is 3.76. The van der Waals surface area contributed by atoms with E-state index in [0.29, 0.717) is 35.5 Å². The van der Waals surface area contributed by atoms with Gasteiger partial charge in [0.05, 0.1) is 11.1 Å². The fourth-order valence-electron chi connectivity index (χ4n) is 5.95. The second kappa shape index (κ2) is 12.7. The third-order valence-electron chi connectivity index (χ3n) is 8.22. The summed E-state index contributed by atoms with van der Waals surface area (Å²) in [7, 11) is 0. The van der Waals surface area contributed by atoms with Crippen molar-refractivity contribution in [1.29, 1.82) is 0 Å². The van der Waals surface area contributed by atoms with E-state index in [1.165, 1.54) is 0 Å². The van der Waals surface area contributed by atoms with Crippen molar-refractivity contribution in [2.45, 2.75) is 65.2 Å². The number of hydrogen-bond acceptors (Lipinski definition) is 6. The third-order valence-corrected chi connectivity index (χ3v) is 8.22. The van der Waals surface area contributed by atoms with Gasteiger partial charge in [0.2, 0.25) is 6.79 Å². The van der Waals surface area contributed by atoms with E-state index in [1.54, 1.807) is 0 Å². The summed E-state index contributed by atoms with van der Waals surface area (Å²) in [5, 5.41) is 0. The van der Waals surface area contributed by atoms with Crippen LogP contribution < -0.4 is 9.47 Å². The molecule has 0 bridgehead atoms. The van der Waals surface area contributed by atoms with Gasteiger partial charge in [-0.1, -0.05) is 75.2 Å². The first-order valence-electron chi connectivity index (χ1n) is 15.2. The zero-order valence-electron chi connectivity index (χ0n) is 24.7. The van der Waals surface area contributed by atoms with Gasteiger partial charge in [0, 0.05) is 24.0 Å². The molecule has 0 unspecified atom stereocenters. The maximum atomic E-state index is 13.6. The number of carbonyl (C=O) groups is 2. The summed E-state index contributed by atoms with van der Waals surface area (Å²) in [5.41, 5.74) is 6.46. The molecule has 0 aliphatic carbocycles. The summed E-state index contributed by atoms with van der Waals surface area (Å²) in [4.78, 5) is 27.2. The predicted octanol–water partition coefficient (Wildman–Crippen LogP) is 8.74. The second-order valence-electron chi connectivity index (χ2n) is 11.1. The number of benzene rings is 4. The molecule has 6 nitrogen and oxygen atoms in total. The van der Waals surface area contributed by atoms with Gasteiger partial charge in [-0.05, 0) is 72.2 Å². The summed E-state index contributed by atoms with van der Waals surface area (Å²) in [6.07, 6.45) is 6.49. The number of esters is 2. The fraction of sp³-hybridized carbons (Fsp3) is 0.297. The Hall–Kier alpha value is -4.58. The molecule has 0 spiro atoms. The highest BCUT2D eigenvalue weighted by Crippen LogP contribution is 2.41. The van der Waals surface area contributed by atoms with Crippen molar-refractivity contribution >= 4 is 11.9 Å². The quantitative estimate of drug-likeness (QED) is 0.120. The van der Waals surface area contributed by atoms with Gasteiger partial charge in [0.15, 0.2) is 0 Å². The van der Waals surface area contributed by atoms with Crippen LogP contribution in [0, 0.1) is 0 Å². The van der Waals surface area contributed by atoms with Crippen LogP contribution in [0.5, 0.6) is 23.0 Å². The van der Waals surface area contributed by atoms with Gasteiger partial charge in [-0.25, -0.2) is 9.59 Å². The Morgan fingerprint density at radius 1 is 0.605 bits per heavy atom. The average Bonchev–Trinajstić information content (AvgIpc) is 3.03. The fourth-order valence-corrected chi connectivity index (χ4v) is 5.95. The molecule has 4 aromatic carbocycles. The standard InChI is InChI=1S/C37H36O6/c1-3-5-11-24-17-19-32-28(21-26-13-7-9-15-30(26)42-32)34(24)36(38)40-23-41-37(39)35-25(12-6-4-2)18-20-33-29(35)22-27-14-8-10-16-31(27)43-33/h7-10,13-20H,3-6,11-12,21-23H2,1-2H3. The first-order chi connectivity index (χ1) is 21.1. The molecule has 0 N–H and O–H groups in total. The highest BCUT2D eigenvalue weighted by molar-refractivity contribution is 5.95. The molecule has 0 radical (unpaired) electrons. The van der Waals surface area contributed by atoms with Crippen molar-refractivity contribution in [3.63, 3.8) is 0 Å². The van der Waals surface area contributed by atoms with Crippen molar-refractivity contribution in [2.24, 2.45) is 0 Å². The van der Waals surface area contributed by atoms with Gasteiger partial charge < -0.3 is 18.9 Å². The van der Waals surface area contributed by atoms with Crippen LogP contribution in [-0.4, -0.2) is 18.7 Å². The van der Waals surface area contributed by atoms with Gasteiger partial charge in [-0.15, -0.1) is 0 Å². The van der Waals surface area contributed by atoms with E-state index >= 15 is 0 Å². The lowest BCUT2D eigenvalue weighted by atomic mass is 9.90. The molecule has 6 heteroatoms. The Labute approximate surface area is 252 Å². The minimum absolute atomic E-state index is 0.486. The molecule has 0 aromatic heterocycles. The summed E-state index contributed by atoms with van der Waals surface area (Å²) in [6, 6.07) is 23.4. The number of rotatable bonds is 10. The van der Waals surface area contributed by atoms with Crippen molar-refractivity contribution in [1.82, 2.24) is 0 Å². The van der Waals surface area contributed by atoms with E-state index in [2.05, 4.69) is 13.8 Å². The Morgan fingerprint density at radius 2 is 1.05 bits per heavy atom. The molecular weight excluding hydrogens is 540 g/mol. The van der Waals surface area contributed by atoms with Crippen molar-refractivity contribution < 1.29 is 28.5 Å². The summed E-state index contributed by atoms with van der Waals surface area (Å²) in [5.74, 6) is 1.86. The van der Waals surface area contributed by atoms with E-state index in [0.717, 1.165) is 83.4 Å². The van der Waals surface area contributed by atoms with Gasteiger partial charge in [-0.3, -0.25) is 0 Å². The van der Waals surface area contributed by atoms with E-state index in [4.69, 9.17) is 18.9 Å². The lowest BCUT2D eigenvalue weighted by Gasteiger charge is -2.24. The first-order valence-corrected chi connectivity index (χ1v) is 15.2. The molecule has 2 heterocycles. The molecule has 0 saturated carbocycles. The van der Waals surface area contributed by atoms with Crippen LogP contribution in [0.4, 0.5) is 0 Å². The maximum absolute atomic E-state index is 13.6. The van der Waals surface area contributed by atoms with Gasteiger partial charge in [0.1, 0.15) is 23.0 Å². The van der Waals surface area contributed by atoms with E-state index < -0.39 is 18.7 Å². The highest BCUT2D eigenvalue weighted by atomic mass is 16.7. The molecule has 6 rings (SSSR count). The Morgan fingerprint density at radius 3 is 1.49 bits per heavy atom. The second-order valence-corrected chi connectivity index (χ2v) is 11.1. The van der Waals surface area contributed by atoms with Crippen LogP contribution in [0.3, 0.4) is 0 Å². The Kier molecular flexibility index (Phi) is 8.45. The van der Waals surface area contributed by atoms with Crippen molar-refractivity contribution in [3.05, 3.63) is 117 Å². The highest BCUT2D eigenvalue weighted by Gasteiger charge is 2.28. The van der Waals surface area contributed by atoms with E-state index in [9.17, 15) is 9.59 Å². The largest absolute Gasteiger partial charge is 0.457 e. The van der Waals surface area contributed by atoms with Crippen LogP contribution >= 0.6 is 0 Å². The summed E-state index contributed by atoms with van der Waals surface area (Å²) >= 11 is 0. The number of ether oxygens (including phenoxy) is 4. The summed E-state index contributed by atoms with van der Waals surface area (Å²) < 4.78 is 23.6.